The maximum atomic E-state index is 12.5. The van der Waals surface area contributed by atoms with Crippen molar-refractivity contribution >= 4 is 27.3 Å². The minimum atomic E-state index is -3.33. The molecule has 8 heteroatoms. The molecule has 7 nitrogen and oxygen atoms in total. The van der Waals surface area contributed by atoms with Gasteiger partial charge in [0.05, 0.1) is 22.3 Å². The number of hydrogen-bond acceptors (Lipinski definition) is 5. The standard InChI is InChI=1S/C20H22N2O5S/c1-28(25,26)16-10-8-14(9-11-16)19(23)22-18-7-3-2-6-17(18)20(24)21-13-15-5-4-12-27-15/h2-3,6-11,15H,4-5,12-13H2,1H3,(H,21,24)(H,22,23). The molecular weight excluding hydrogens is 380 g/mol. The highest BCUT2D eigenvalue weighted by atomic mass is 32.2. The second-order valence-corrected chi connectivity index (χ2v) is 8.66. The molecule has 2 amide bonds. The lowest BCUT2D eigenvalue weighted by Crippen LogP contribution is -2.32. The largest absolute Gasteiger partial charge is 0.376 e. The molecule has 1 fully saturated rings. The molecular formula is C20H22N2O5S. The Morgan fingerprint density at radius 2 is 1.79 bits per heavy atom. The Balaban J connectivity index is 1.70. The van der Waals surface area contributed by atoms with Crippen LogP contribution < -0.4 is 10.6 Å². The average Bonchev–Trinajstić information content (AvgIpc) is 3.19. The van der Waals surface area contributed by atoms with Gasteiger partial charge in [-0.1, -0.05) is 12.1 Å². The highest BCUT2D eigenvalue weighted by molar-refractivity contribution is 7.90. The Bertz CT molecular complexity index is 964. The van der Waals surface area contributed by atoms with Gasteiger partial charge in [-0.05, 0) is 49.2 Å². The fourth-order valence-electron chi connectivity index (χ4n) is 2.95. The van der Waals surface area contributed by atoms with Crippen molar-refractivity contribution in [3.8, 4) is 0 Å². The Hall–Kier alpha value is -2.71. The number of rotatable bonds is 6. The van der Waals surface area contributed by atoms with Crippen LogP contribution in [0.2, 0.25) is 0 Å². The van der Waals surface area contributed by atoms with Crippen molar-refractivity contribution < 1.29 is 22.7 Å². The monoisotopic (exact) mass is 402 g/mol. The summed E-state index contributed by atoms with van der Waals surface area (Å²) in [5, 5.41) is 5.55. The minimum Gasteiger partial charge on any atom is -0.376 e. The molecule has 1 saturated heterocycles. The number of ether oxygens (including phenoxy) is 1. The van der Waals surface area contributed by atoms with Gasteiger partial charge in [0.2, 0.25) is 0 Å². The summed E-state index contributed by atoms with van der Waals surface area (Å²) in [6.07, 6.45) is 3.04. The molecule has 2 N–H and O–H groups in total. The lowest BCUT2D eigenvalue weighted by Gasteiger charge is -2.14. The van der Waals surface area contributed by atoms with Crippen LogP contribution in [0.3, 0.4) is 0 Å². The predicted octanol–water partition coefficient (Wildman–Crippen LogP) is 2.25. The first-order valence-electron chi connectivity index (χ1n) is 8.95. The summed E-state index contributed by atoms with van der Waals surface area (Å²) in [4.78, 5) is 25.2. The Labute approximate surface area is 164 Å². The SMILES string of the molecule is CS(=O)(=O)c1ccc(C(=O)Nc2ccccc2C(=O)NCC2CCCO2)cc1. The zero-order valence-electron chi connectivity index (χ0n) is 15.5. The molecule has 2 aromatic carbocycles. The maximum Gasteiger partial charge on any atom is 0.255 e. The summed E-state index contributed by atoms with van der Waals surface area (Å²) in [6.45, 7) is 1.14. The average molecular weight is 402 g/mol. The van der Waals surface area contributed by atoms with Crippen LogP contribution in [0.5, 0.6) is 0 Å². The van der Waals surface area contributed by atoms with Crippen molar-refractivity contribution in [1.29, 1.82) is 0 Å². The molecule has 28 heavy (non-hydrogen) atoms. The Kier molecular flexibility index (Phi) is 6.11. The fraction of sp³-hybridized carbons (Fsp3) is 0.300. The second-order valence-electron chi connectivity index (χ2n) is 6.64. The van der Waals surface area contributed by atoms with Gasteiger partial charge in [-0.2, -0.15) is 0 Å². The van der Waals surface area contributed by atoms with E-state index in [9.17, 15) is 18.0 Å². The molecule has 1 atom stereocenters. The molecule has 1 unspecified atom stereocenters. The summed E-state index contributed by atoms with van der Waals surface area (Å²) in [5.41, 5.74) is 1.02. The lowest BCUT2D eigenvalue weighted by molar-refractivity contribution is 0.0858. The number of carbonyl (C=O) groups is 2. The second kappa shape index (κ2) is 8.53. The number of amides is 2. The molecule has 148 valence electrons. The summed E-state index contributed by atoms with van der Waals surface area (Å²) < 4.78 is 28.6. The van der Waals surface area contributed by atoms with Crippen LogP contribution in [-0.2, 0) is 14.6 Å². The number of carbonyl (C=O) groups excluding carboxylic acids is 2. The molecule has 1 aliphatic rings. The van der Waals surface area contributed by atoms with Crippen molar-refractivity contribution in [2.45, 2.75) is 23.8 Å². The van der Waals surface area contributed by atoms with Gasteiger partial charge in [0.15, 0.2) is 9.84 Å². The molecule has 0 bridgehead atoms. The number of anilines is 1. The van der Waals surface area contributed by atoms with E-state index in [-0.39, 0.29) is 16.9 Å². The van der Waals surface area contributed by atoms with Gasteiger partial charge < -0.3 is 15.4 Å². The van der Waals surface area contributed by atoms with Gasteiger partial charge >= 0.3 is 0 Å². The molecule has 0 saturated carbocycles. The van der Waals surface area contributed by atoms with Gasteiger partial charge in [-0.15, -0.1) is 0 Å². The number of nitrogens with one attached hydrogen (secondary N) is 2. The van der Waals surface area contributed by atoms with Crippen LogP contribution in [0.4, 0.5) is 5.69 Å². The number of sulfone groups is 1. The van der Waals surface area contributed by atoms with Gasteiger partial charge in [-0.3, -0.25) is 9.59 Å². The van der Waals surface area contributed by atoms with Crippen LogP contribution >= 0.6 is 0 Å². The Morgan fingerprint density at radius 3 is 2.43 bits per heavy atom. The quantitative estimate of drug-likeness (QED) is 0.772. The van der Waals surface area contributed by atoms with Crippen molar-refractivity contribution in [2.24, 2.45) is 0 Å². The molecule has 0 radical (unpaired) electrons. The molecule has 3 rings (SSSR count). The third-order valence-corrected chi connectivity index (χ3v) is 5.61. The smallest absolute Gasteiger partial charge is 0.255 e. The van der Waals surface area contributed by atoms with Crippen LogP contribution in [0, 0.1) is 0 Å². The molecule has 0 aliphatic carbocycles. The first-order valence-corrected chi connectivity index (χ1v) is 10.8. The maximum absolute atomic E-state index is 12.5. The number of benzene rings is 2. The summed E-state index contributed by atoms with van der Waals surface area (Å²) in [5.74, 6) is -0.724. The van der Waals surface area contributed by atoms with Crippen LogP contribution in [0.1, 0.15) is 33.6 Å². The van der Waals surface area contributed by atoms with Gasteiger partial charge in [0.1, 0.15) is 0 Å². The molecule has 2 aromatic rings. The molecule has 0 spiro atoms. The van der Waals surface area contributed by atoms with E-state index in [0.717, 1.165) is 19.1 Å². The Morgan fingerprint density at radius 1 is 1.07 bits per heavy atom. The minimum absolute atomic E-state index is 0.0269. The molecule has 1 aliphatic heterocycles. The third kappa shape index (κ3) is 4.96. The normalized spacial score (nSPS) is 16.5. The van der Waals surface area contributed by atoms with E-state index in [0.29, 0.717) is 30.0 Å². The zero-order valence-corrected chi connectivity index (χ0v) is 16.3. The highest BCUT2D eigenvalue weighted by Gasteiger charge is 2.19. The van der Waals surface area contributed by atoms with Crippen molar-refractivity contribution in [3.63, 3.8) is 0 Å². The van der Waals surface area contributed by atoms with Crippen molar-refractivity contribution in [2.75, 3.05) is 24.7 Å². The zero-order chi connectivity index (χ0) is 20.1. The van der Waals surface area contributed by atoms with Crippen molar-refractivity contribution in [3.05, 3.63) is 59.7 Å². The van der Waals surface area contributed by atoms with E-state index in [1.807, 2.05) is 0 Å². The van der Waals surface area contributed by atoms with Gasteiger partial charge in [0, 0.05) is 25.0 Å². The van der Waals surface area contributed by atoms with E-state index in [1.165, 1.54) is 24.3 Å². The first kappa shape index (κ1) is 20.0. The first-order chi connectivity index (χ1) is 13.3. The van der Waals surface area contributed by atoms with E-state index in [2.05, 4.69) is 10.6 Å². The third-order valence-electron chi connectivity index (χ3n) is 4.48. The van der Waals surface area contributed by atoms with E-state index < -0.39 is 15.7 Å². The van der Waals surface area contributed by atoms with Crippen LogP contribution in [0.15, 0.2) is 53.4 Å². The fourth-order valence-corrected chi connectivity index (χ4v) is 3.58. The van der Waals surface area contributed by atoms with E-state index >= 15 is 0 Å². The summed E-state index contributed by atoms with van der Waals surface area (Å²) >= 11 is 0. The van der Waals surface area contributed by atoms with Crippen LogP contribution in [0.25, 0.3) is 0 Å². The number of hydrogen-bond donors (Lipinski definition) is 2. The summed E-state index contributed by atoms with van der Waals surface area (Å²) in [6, 6.07) is 12.3. The van der Waals surface area contributed by atoms with Gasteiger partial charge in [-0.25, -0.2) is 8.42 Å². The lowest BCUT2D eigenvalue weighted by atomic mass is 10.1. The number of para-hydroxylation sites is 1. The highest BCUT2D eigenvalue weighted by Crippen LogP contribution is 2.18. The summed E-state index contributed by atoms with van der Waals surface area (Å²) in [7, 11) is -3.33. The molecule has 1 heterocycles. The predicted molar refractivity (Wildman–Crippen MR) is 105 cm³/mol. The van der Waals surface area contributed by atoms with Gasteiger partial charge in [0.25, 0.3) is 11.8 Å². The van der Waals surface area contributed by atoms with E-state index in [4.69, 9.17) is 4.74 Å². The van der Waals surface area contributed by atoms with Crippen LogP contribution in [-0.4, -0.2) is 45.7 Å². The van der Waals surface area contributed by atoms with Crippen molar-refractivity contribution in [1.82, 2.24) is 5.32 Å². The topological polar surface area (TPSA) is 102 Å². The molecule has 0 aromatic heterocycles. The van der Waals surface area contributed by atoms with E-state index in [1.54, 1.807) is 24.3 Å².